The first-order valence-electron chi connectivity index (χ1n) is 10.5. The van der Waals surface area contributed by atoms with Crippen molar-refractivity contribution < 1.29 is 9.53 Å². The first-order valence-corrected chi connectivity index (χ1v) is 10.5. The summed E-state index contributed by atoms with van der Waals surface area (Å²) >= 11 is 0. The van der Waals surface area contributed by atoms with Crippen molar-refractivity contribution in [3.63, 3.8) is 0 Å². The number of rotatable bonds is 7. The van der Waals surface area contributed by atoms with Crippen LogP contribution in [0.3, 0.4) is 0 Å². The molecule has 1 unspecified atom stereocenters. The molecule has 1 aliphatic carbocycles. The van der Waals surface area contributed by atoms with E-state index in [0.29, 0.717) is 25.4 Å². The van der Waals surface area contributed by atoms with Gasteiger partial charge in [-0.2, -0.15) is 0 Å². The molecular formula is C25H30N2O2. The van der Waals surface area contributed by atoms with Crippen LogP contribution >= 0.6 is 0 Å². The molecule has 2 aromatic carbocycles. The highest BCUT2D eigenvalue weighted by Crippen LogP contribution is 2.36. The Kier molecular flexibility index (Phi) is 6.93. The van der Waals surface area contributed by atoms with E-state index >= 15 is 0 Å². The van der Waals surface area contributed by atoms with Crippen molar-refractivity contribution in [3.8, 4) is 5.75 Å². The van der Waals surface area contributed by atoms with Gasteiger partial charge in [0.1, 0.15) is 5.75 Å². The molecule has 1 aliphatic rings. The van der Waals surface area contributed by atoms with Crippen molar-refractivity contribution in [2.75, 3.05) is 25.1 Å². The predicted octanol–water partition coefficient (Wildman–Crippen LogP) is 5.58. The quantitative estimate of drug-likeness (QED) is 0.457. The average molecular weight is 391 g/mol. The monoisotopic (exact) mass is 390 g/mol. The second kappa shape index (κ2) is 9.60. The number of methoxy groups -OCH3 is 1. The van der Waals surface area contributed by atoms with E-state index in [4.69, 9.17) is 11.3 Å². The predicted molar refractivity (Wildman–Crippen MR) is 118 cm³/mol. The summed E-state index contributed by atoms with van der Waals surface area (Å²) in [5.74, 6) is 1.21. The molecule has 0 radical (unpaired) electrons. The number of amides is 1. The Labute approximate surface area is 174 Å². The molecule has 0 aromatic heterocycles. The van der Waals surface area contributed by atoms with Crippen LogP contribution in [0.15, 0.2) is 42.5 Å². The van der Waals surface area contributed by atoms with Crippen LogP contribution in [0.1, 0.15) is 61.6 Å². The molecule has 152 valence electrons. The Morgan fingerprint density at radius 3 is 2.66 bits per heavy atom. The van der Waals surface area contributed by atoms with Crippen molar-refractivity contribution in [3.05, 3.63) is 70.6 Å². The number of hydrogen-bond donors (Lipinski definition) is 0. The molecule has 3 rings (SSSR count). The maximum Gasteiger partial charge on any atom is 0.234 e. The fraction of sp³-hybridized carbons (Fsp3) is 0.440. The SMILES string of the molecule is [C-]#[N+]CCCN(C(=O)C1CCCc2ccc(OC)cc21)c1ccc(C(C)C)cc1. The second-order valence-electron chi connectivity index (χ2n) is 7.98. The zero-order valence-corrected chi connectivity index (χ0v) is 17.6. The Morgan fingerprint density at radius 2 is 2.00 bits per heavy atom. The number of carbonyl (C=O) groups excluding carboxylic acids is 1. The van der Waals surface area contributed by atoms with Gasteiger partial charge in [-0.1, -0.05) is 32.0 Å². The van der Waals surface area contributed by atoms with E-state index in [1.807, 2.05) is 29.2 Å². The van der Waals surface area contributed by atoms with Crippen molar-refractivity contribution in [2.45, 2.75) is 51.4 Å². The molecule has 4 heteroatoms. The molecule has 29 heavy (non-hydrogen) atoms. The number of anilines is 1. The molecule has 1 atom stereocenters. The van der Waals surface area contributed by atoms with Crippen LogP contribution in [0.25, 0.3) is 4.85 Å². The van der Waals surface area contributed by atoms with E-state index in [-0.39, 0.29) is 11.8 Å². The van der Waals surface area contributed by atoms with Gasteiger partial charge in [0.25, 0.3) is 0 Å². The minimum atomic E-state index is -0.161. The van der Waals surface area contributed by atoms with Crippen LogP contribution in [0.2, 0.25) is 0 Å². The number of ether oxygens (including phenoxy) is 1. The third-order valence-electron chi connectivity index (χ3n) is 5.75. The lowest BCUT2D eigenvalue weighted by Crippen LogP contribution is -2.37. The molecule has 1 amide bonds. The summed E-state index contributed by atoms with van der Waals surface area (Å²) in [6.45, 7) is 12.4. The molecular weight excluding hydrogens is 360 g/mol. The molecule has 0 aliphatic heterocycles. The molecule has 0 heterocycles. The Hall–Kier alpha value is -2.80. The van der Waals surface area contributed by atoms with E-state index in [9.17, 15) is 4.79 Å². The van der Waals surface area contributed by atoms with Crippen LogP contribution in [-0.4, -0.2) is 26.1 Å². The normalized spacial score (nSPS) is 15.5. The number of aryl methyl sites for hydroxylation is 1. The van der Waals surface area contributed by atoms with Gasteiger partial charge in [-0.15, -0.1) is 0 Å². The topological polar surface area (TPSA) is 33.9 Å². The summed E-state index contributed by atoms with van der Waals surface area (Å²) in [7, 11) is 1.66. The lowest BCUT2D eigenvalue weighted by molar-refractivity contribution is -0.120. The van der Waals surface area contributed by atoms with Gasteiger partial charge in [-0.3, -0.25) is 4.79 Å². The van der Waals surface area contributed by atoms with Crippen LogP contribution in [-0.2, 0) is 11.2 Å². The lowest BCUT2D eigenvalue weighted by atomic mass is 9.81. The average Bonchev–Trinajstić information content (AvgIpc) is 2.75. The highest BCUT2D eigenvalue weighted by atomic mass is 16.5. The third kappa shape index (κ3) is 4.79. The fourth-order valence-electron chi connectivity index (χ4n) is 4.06. The van der Waals surface area contributed by atoms with Gasteiger partial charge in [0.15, 0.2) is 0 Å². The highest BCUT2D eigenvalue weighted by molar-refractivity contribution is 5.98. The van der Waals surface area contributed by atoms with Crippen LogP contribution in [0.5, 0.6) is 5.75 Å². The van der Waals surface area contributed by atoms with E-state index in [2.05, 4.69) is 36.9 Å². The largest absolute Gasteiger partial charge is 0.497 e. The van der Waals surface area contributed by atoms with Gasteiger partial charge in [0, 0.05) is 18.7 Å². The Balaban J connectivity index is 1.92. The van der Waals surface area contributed by atoms with Gasteiger partial charge in [-0.05, 0) is 66.1 Å². The van der Waals surface area contributed by atoms with Gasteiger partial charge in [0.05, 0.1) is 13.0 Å². The minimum absolute atomic E-state index is 0.126. The van der Waals surface area contributed by atoms with Crippen LogP contribution in [0, 0.1) is 6.57 Å². The number of hydrogen-bond acceptors (Lipinski definition) is 2. The molecule has 0 spiro atoms. The maximum absolute atomic E-state index is 13.7. The first-order chi connectivity index (χ1) is 14.0. The Morgan fingerprint density at radius 1 is 1.24 bits per heavy atom. The van der Waals surface area contributed by atoms with Crippen molar-refractivity contribution in [1.82, 2.24) is 0 Å². The summed E-state index contributed by atoms with van der Waals surface area (Å²) < 4.78 is 5.41. The highest BCUT2D eigenvalue weighted by Gasteiger charge is 2.31. The third-order valence-corrected chi connectivity index (χ3v) is 5.75. The molecule has 0 saturated carbocycles. The maximum atomic E-state index is 13.7. The van der Waals surface area contributed by atoms with Crippen molar-refractivity contribution in [1.29, 1.82) is 0 Å². The number of fused-ring (bicyclic) bond motifs is 1. The Bertz CT molecular complexity index is 881. The first kappa shape index (κ1) is 20.9. The van der Waals surface area contributed by atoms with E-state index in [0.717, 1.165) is 36.3 Å². The number of nitrogens with zero attached hydrogens (tertiary/aromatic N) is 2. The zero-order chi connectivity index (χ0) is 20.8. The van der Waals surface area contributed by atoms with Gasteiger partial charge >= 0.3 is 0 Å². The summed E-state index contributed by atoms with van der Waals surface area (Å²) in [5.41, 5.74) is 4.51. The van der Waals surface area contributed by atoms with E-state index in [1.165, 1.54) is 11.1 Å². The van der Waals surface area contributed by atoms with Crippen LogP contribution in [0.4, 0.5) is 5.69 Å². The fourth-order valence-corrected chi connectivity index (χ4v) is 4.06. The smallest absolute Gasteiger partial charge is 0.234 e. The summed E-state index contributed by atoms with van der Waals surface area (Å²) in [5, 5.41) is 0. The summed E-state index contributed by atoms with van der Waals surface area (Å²) in [6, 6.07) is 14.4. The van der Waals surface area contributed by atoms with Gasteiger partial charge in [0.2, 0.25) is 12.5 Å². The number of benzene rings is 2. The molecule has 0 bridgehead atoms. The second-order valence-corrected chi connectivity index (χ2v) is 7.98. The van der Waals surface area contributed by atoms with Gasteiger partial charge < -0.3 is 14.5 Å². The molecule has 0 saturated heterocycles. The standard InChI is InChI=1S/C25H30N2O2/c1-18(2)19-9-12-21(13-10-19)27(16-6-15-26-3)25(28)23-8-5-7-20-11-14-22(29-4)17-24(20)23/h9-14,17-18,23H,5-8,15-16H2,1-2,4H3. The van der Waals surface area contributed by atoms with Crippen LogP contribution < -0.4 is 9.64 Å². The number of carbonyl (C=O) groups is 1. The molecule has 2 aromatic rings. The summed E-state index contributed by atoms with van der Waals surface area (Å²) in [4.78, 5) is 19.0. The minimum Gasteiger partial charge on any atom is -0.497 e. The van der Waals surface area contributed by atoms with Gasteiger partial charge in [-0.25, -0.2) is 6.57 Å². The molecule has 4 nitrogen and oxygen atoms in total. The van der Waals surface area contributed by atoms with E-state index in [1.54, 1.807) is 7.11 Å². The van der Waals surface area contributed by atoms with E-state index < -0.39 is 0 Å². The van der Waals surface area contributed by atoms with Crippen molar-refractivity contribution >= 4 is 11.6 Å². The zero-order valence-electron chi connectivity index (χ0n) is 17.6. The summed E-state index contributed by atoms with van der Waals surface area (Å²) in [6.07, 6.45) is 3.54. The molecule has 0 N–H and O–H groups in total. The molecule has 0 fully saturated rings. The lowest BCUT2D eigenvalue weighted by Gasteiger charge is -2.31. The van der Waals surface area contributed by atoms with Crippen molar-refractivity contribution in [2.24, 2.45) is 0 Å².